The maximum Gasteiger partial charge on any atom is 0.259 e. The summed E-state index contributed by atoms with van der Waals surface area (Å²) in [6, 6.07) is 12.5. The number of halogens is 1. The topological polar surface area (TPSA) is 79.4 Å². The summed E-state index contributed by atoms with van der Waals surface area (Å²) < 4.78 is 2.31. The van der Waals surface area contributed by atoms with E-state index in [1.165, 1.54) is 22.2 Å². The summed E-state index contributed by atoms with van der Waals surface area (Å²) in [5.41, 5.74) is 2.71. The average molecular weight is 510 g/mol. The van der Waals surface area contributed by atoms with Crippen molar-refractivity contribution in [2.75, 3.05) is 0 Å². The molecule has 0 saturated carbocycles. The van der Waals surface area contributed by atoms with Crippen molar-refractivity contribution in [1.29, 1.82) is 0 Å². The molecule has 0 fully saturated rings. The second kappa shape index (κ2) is 8.29. The fourth-order valence-electron chi connectivity index (χ4n) is 3.80. The molecule has 1 aromatic carbocycles. The number of amidine groups is 2. The highest BCUT2D eigenvalue weighted by atomic mass is 79.9. The minimum atomic E-state index is -0.408. The first kappa shape index (κ1) is 21.1. The van der Waals surface area contributed by atoms with Gasteiger partial charge in [0.05, 0.1) is 11.4 Å². The van der Waals surface area contributed by atoms with Crippen LogP contribution < -0.4 is 5.56 Å². The van der Waals surface area contributed by atoms with Gasteiger partial charge < -0.3 is 0 Å². The average Bonchev–Trinajstić information content (AvgIpc) is 3.15. The third kappa shape index (κ3) is 3.59. The second-order valence-corrected chi connectivity index (χ2v) is 9.68. The van der Waals surface area contributed by atoms with Crippen LogP contribution in [0, 0.1) is 5.92 Å². The van der Waals surface area contributed by atoms with Crippen molar-refractivity contribution >= 4 is 55.9 Å². The summed E-state index contributed by atoms with van der Waals surface area (Å²) in [6.45, 7) is 4.11. The number of para-hydroxylation sites is 1. The molecule has 162 valence electrons. The number of pyridine rings is 1. The number of amides is 1. The summed E-state index contributed by atoms with van der Waals surface area (Å²) in [6.07, 6.45) is 2.56. The summed E-state index contributed by atoms with van der Waals surface area (Å²) in [4.78, 5) is 41.6. The molecule has 0 N–H and O–H groups in total. The molecule has 1 amide bonds. The molecule has 0 radical (unpaired) electrons. The number of aromatic nitrogens is 2. The fourth-order valence-corrected chi connectivity index (χ4v) is 5.03. The molecule has 2 aromatic heterocycles. The zero-order valence-corrected chi connectivity index (χ0v) is 19.9. The minimum absolute atomic E-state index is 0.0495. The van der Waals surface area contributed by atoms with Crippen molar-refractivity contribution in [1.82, 2.24) is 14.3 Å². The van der Waals surface area contributed by atoms with Crippen LogP contribution in [0.25, 0.3) is 5.65 Å². The lowest BCUT2D eigenvalue weighted by Gasteiger charge is -2.25. The van der Waals surface area contributed by atoms with Crippen LogP contribution in [0.5, 0.6) is 0 Å². The van der Waals surface area contributed by atoms with E-state index >= 15 is 0 Å². The number of hydrogen-bond donors (Lipinski definition) is 0. The van der Waals surface area contributed by atoms with Gasteiger partial charge in [-0.25, -0.2) is 14.9 Å². The molecule has 2 atom stereocenters. The predicted octanol–water partition coefficient (Wildman–Crippen LogP) is 4.40. The number of rotatable bonds is 4. The molecule has 0 aliphatic carbocycles. The third-order valence-corrected chi connectivity index (χ3v) is 7.15. The molecule has 5 rings (SSSR count). The first-order chi connectivity index (χ1) is 15.5. The first-order valence-corrected chi connectivity index (χ1v) is 12.1. The van der Waals surface area contributed by atoms with Gasteiger partial charge in [0.2, 0.25) is 0 Å². The van der Waals surface area contributed by atoms with Crippen LogP contribution >= 0.6 is 27.7 Å². The maximum atomic E-state index is 13.3. The second-order valence-electron chi connectivity index (χ2n) is 7.82. The number of carbonyl (C=O) groups excluding carboxylic acids is 1. The van der Waals surface area contributed by atoms with Gasteiger partial charge in [-0.2, -0.15) is 0 Å². The van der Waals surface area contributed by atoms with Crippen LogP contribution in [0.1, 0.15) is 31.5 Å². The Labute approximate surface area is 197 Å². The van der Waals surface area contributed by atoms with E-state index < -0.39 is 6.04 Å². The van der Waals surface area contributed by atoms with Crippen molar-refractivity contribution in [3.63, 3.8) is 0 Å². The zero-order chi connectivity index (χ0) is 22.4. The maximum absolute atomic E-state index is 13.3. The van der Waals surface area contributed by atoms with Crippen molar-refractivity contribution < 1.29 is 4.79 Å². The number of thioether (sulfide) groups is 1. The van der Waals surface area contributed by atoms with Crippen LogP contribution in [0.3, 0.4) is 0 Å². The van der Waals surface area contributed by atoms with Gasteiger partial charge in [-0.1, -0.05) is 44.2 Å². The van der Waals surface area contributed by atoms with Crippen LogP contribution in [-0.4, -0.2) is 37.2 Å². The Hall–Kier alpha value is -2.78. The van der Waals surface area contributed by atoms with Gasteiger partial charge in [-0.3, -0.25) is 19.0 Å². The van der Waals surface area contributed by atoms with Crippen molar-refractivity contribution in [2.24, 2.45) is 15.9 Å². The van der Waals surface area contributed by atoms with Crippen molar-refractivity contribution in [3.8, 4) is 0 Å². The Morgan fingerprint density at radius 2 is 2.00 bits per heavy atom. The van der Waals surface area contributed by atoms with Crippen LogP contribution in [-0.2, 0) is 10.5 Å². The van der Waals surface area contributed by atoms with Gasteiger partial charge in [0.15, 0.2) is 5.17 Å². The standard InChI is InChI=1S/C23H20BrN5O2S/c1-3-13(2)20-22(31)29-21(27-20)16-6-4-5-7-17(16)26-23(29)32-12-15-10-19(30)28-11-14(24)8-9-18(28)25-15/h4-11,13,20H,3,12H2,1-2H3/t13-,20-/m1/s1. The van der Waals surface area contributed by atoms with E-state index in [0.29, 0.717) is 28.1 Å². The number of nitrogens with zero attached hydrogens (tertiary/aromatic N) is 5. The van der Waals surface area contributed by atoms with Gasteiger partial charge in [0.1, 0.15) is 17.5 Å². The molecule has 32 heavy (non-hydrogen) atoms. The molecule has 0 spiro atoms. The highest BCUT2D eigenvalue weighted by molar-refractivity contribution is 9.10. The summed E-state index contributed by atoms with van der Waals surface area (Å²) in [5.74, 6) is 1.16. The van der Waals surface area contributed by atoms with E-state index in [1.54, 1.807) is 17.2 Å². The molecule has 3 aromatic rings. The number of carbonyl (C=O) groups is 1. The quantitative estimate of drug-likeness (QED) is 0.522. The molecule has 9 heteroatoms. The Bertz CT molecular complexity index is 1370. The van der Waals surface area contributed by atoms with Gasteiger partial charge in [-0.05, 0) is 46.1 Å². The number of aliphatic imine (C=N–C) groups is 2. The minimum Gasteiger partial charge on any atom is -0.271 e. The van der Waals surface area contributed by atoms with E-state index in [-0.39, 0.29) is 17.4 Å². The molecule has 4 heterocycles. The van der Waals surface area contributed by atoms with E-state index in [4.69, 9.17) is 9.98 Å². The highest BCUT2D eigenvalue weighted by Crippen LogP contribution is 2.35. The van der Waals surface area contributed by atoms with Gasteiger partial charge >= 0.3 is 0 Å². The predicted molar refractivity (Wildman–Crippen MR) is 131 cm³/mol. The lowest BCUT2D eigenvalue weighted by molar-refractivity contribution is -0.125. The molecule has 7 nitrogen and oxygen atoms in total. The van der Waals surface area contributed by atoms with Crippen LogP contribution in [0.15, 0.2) is 67.9 Å². The normalized spacial score (nSPS) is 18.3. The van der Waals surface area contributed by atoms with Gasteiger partial charge in [0, 0.05) is 28.1 Å². The third-order valence-electron chi connectivity index (χ3n) is 5.71. The van der Waals surface area contributed by atoms with E-state index in [9.17, 15) is 9.59 Å². The molecule has 0 saturated heterocycles. The largest absolute Gasteiger partial charge is 0.271 e. The van der Waals surface area contributed by atoms with E-state index in [2.05, 4.69) is 27.8 Å². The molecule has 2 aliphatic heterocycles. The monoisotopic (exact) mass is 509 g/mol. The highest BCUT2D eigenvalue weighted by Gasteiger charge is 2.42. The lowest BCUT2D eigenvalue weighted by atomic mass is 10.00. The van der Waals surface area contributed by atoms with Gasteiger partial charge in [-0.15, -0.1) is 0 Å². The fraction of sp³-hybridized carbons (Fsp3) is 0.261. The summed E-state index contributed by atoms with van der Waals surface area (Å²) >= 11 is 4.77. The molecule has 2 aliphatic rings. The van der Waals surface area contributed by atoms with Crippen molar-refractivity contribution in [2.45, 2.75) is 32.1 Å². The summed E-state index contributed by atoms with van der Waals surface area (Å²) in [5, 5.41) is 0.566. The Kier molecular flexibility index (Phi) is 5.46. The van der Waals surface area contributed by atoms with Crippen molar-refractivity contribution in [3.05, 3.63) is 74.7 Å². The Morgan fingerprint density at radius 1 is 1.19 bits per heavy atom. The number of benzene rings is 1. The Balaban J connectivity index is 1.49. The number of hydrogen-bond acceptors (Lipinski definition) is 6. The molecular formula is C23H20BrN5O2S. The smallest absolute Gasteiger partial charge is 0.259 e. The van der Waals surface area contributed by atoms with Crippen LogP contribution in [0.2, 0.25) is 0 Å². The Morgan fingerprint density at radius 3 is 2.81 bits per heavy atom. The van der Waals surface area contributed by atoms with E-state index in [0.717, 1.165) is 22.1 Å². The zero-order valence-electron chi connectivity index (χ0n) is 17.5. The lowest BCUT2D eigenvalue weighted by Crippen LogP contribution is -2.42. The SMILES string of the molecule is CC[C@@H](C)[C@H]1N=C2c3ccccc3N=C(SCc3cc(=O)n4cc(Br)ccc4n3)N2C1=O. The summed E-state index contributed by atoms with van der Waals surface area (Å²) in [7, 11) is 0. The first-order valence-electron chi connectivity index (χ1n) is 10.4. The molecule has 0 bridgehead atoms. The number of fused-ring (bicyclic) bond motifs is 4. The molecule has 0 unspecified atom stereocenters. The van der Waals surface area contributed by atoms with Gasteiger partial charge in [0.25, 0.3) is 11.5 Å². The van der Waals surface area contributed by atoms with Crippen LogP contribution in [0.4, 0.5) is 5.69 Å². The van der Waals surface area contributed by atoms with E-state index in [1.807, 2.05) is 37.3 Å². The molecular weight excluding hydrogens is 490 g/mol.